The Kier molecular flexibility index (Phi) is 4.59. The molecule has 0 unspecified atom stereocenters. The Labute approximate surface area is 124 Å². The summed E-state index contributed by atoms with van der Waals surface area (Å²) in [6.07, 6.45) is 0.586. The molecule has 5 nitrogen and oxygen atoms in total. The van der Waals surface area contributed by atoms with Crippen molar-refractivity contribution in [1.29, 1.82) is 0 Å². The minimum Gasteiger partial charge on any atom is -0.477 e. The first kappa shape index (κ1) is 15.2. The van der Waals surface area contributed by atoms with Gasteiger partial charge in [-0.3, -0.25) is 0 Å². The van der Waals surface area contributed by atoms with E-state index in [2.05, 4.69) is 4.72 Å². The van der Waals surface area contributed by atoms with Gasteiger partial charge >= 0.3 is 5.97 Å². The highest BCUT2D eigenvalue weighted by atomic mass is 32.2. The summed E-state index contributed by atoms with van der Waals surface area (Å²) in [4.78, 5) is 11.9. The van der Waals surface area contributed by atoms with Crippen molar-refractivity contribution in [2.45, 2.75) is 18.2 Å². The van der Waals surface area contributed by atoms with Gasteiger partial charge in [-0.15, -0.1) is 22.7 Å². The first-order chi connectivity index (χ1) is 9.42. The number of thiophene rings is 2. The molecule has 0 aromatic carbocycles. The molecule has 0 bridgehead atoms. The minimum absolute atomic E-state index is 0.124. The van der Waals surface area contributed by atoms with E-state index >= 15 is 0 Å². The molecule has 108 valence electrons. The van der Waals surface area contributed by atoms with E-state index in [-0.39, 0.29) is 16.3 Å². The highest BCUT2D eigenvalue weighted by molar-refractivity contribution is 7.89. The normalized spacial score (nSPS) is 11.7. The molecular formula is C12H13NO4S3. The molecule has 2 aromatic rings. The van der Waals surface area contributed by atoms with E-state index < -0.39 is 16.0 Å². The van der Waals surface area contributed by atoms with Gasteiger partial charge in [0.1, 0.15) is 9.77 Å². The smallest absolute Gasteiger partial charge is 0.347 e. The zero-order valence-corrected chi connectivity index (χ0v) is 13.1. The lowest BCUT2D eigenvalue weighted by atomic mass is 10.3. The van der Waals surface area contributed by atoms with E-state index in [0.717, 1.165) is 16.2 Å². The second-order valence-electron chi connectivity index (χ2n) is 4.11. The molecule has 0 amide bonds. The van der Waals surface area contributed by atoms with E-state index in [4.69, 9.17) is 5.11 Å². The average molecular weight is 331 g/mol. The number of nitrogens with one attached hydrogen (secondary N) is 1. The summed E-state index contributed by atoms with van der Waals surface area (Å²) in [5.41, 5.74) is 0.455. The van der Waals surface area contributed by atoms with Crippen LogP contribution in [-0.2, 0) is 16.4 Å². The van der Waals surface area contributed by atoms with Crippen molar-refractivity contribution in [2.75, 3.05) is 6.54 Å². The Balaban J connectivity index is 2.14. The number of aromatic carboxylic acids is 1. The minimum atomic E-state index is -3.79. The zero-order valence-electron chi connectivity index (χ0n) is 10.6. The standard InChI is InChI=1S/C12H13NO4S3/c1-8-7-19-10(12(14)15)11(8)20(16,17)13-5-4-9-3-2-6-18-9/h2-3,6-7,13H,4-5H2,1H3,(H,14,15). The molecule has 0 aliphatic heterocycles. The molecule has 2 rings (SSSR count). The monoisotopic (exact) mass is 331 g/mol. The first-order valence-electron chi connectivity index (χ1n) is 5.75. The number of rotatable bonds is 6. The number of sulfonamides is 1. The summed E-state index contributed by atoms with van der Waals surface area (Å²) < 4.78 is 26.9. The first-order valence-corrected chi connectivity index (χ1v) is 8.99. The van der Waals surface area contributed by atoms with Crippen molar-refractivity contribution in [2.24, 2.45) is 0 Å². The third-order valence-corrected chi connectivity index (χ3v) is 6.42. The third-order valence-electron chi connectivity index (χ3n) is 2.62. The largest absolute Gasteiger partial charge is 0.477 e. The van der Waals surface area contributed by atoms with Crippen molar-refractivity contribution in [3.63, 3.8) is 0 Å². The molecule has 2 N–H and O–H groups in total. The van der Waals surface area contributed by atoms with E-state index in [0.29, 0.717) is 12.0 Å². The number of carbonyl (C=O) groups is 1. The van der Waals surface area contributed by atoms with E-state index in [1.165, 1.54) is 5.38 Å². The van der Waals surface area contributed by atoms with Crippen LogP contribution in [0.2, 0.25) is 0 Å². The molecule has 0 aliphatic carbocycles. The van der Waals surface area contributed by atoms with Gasteiger partial charge in [-0.05, 0) is 35.7 Å². The van der Waals surface area contributed by atoms with Crippen LogP contribution in [0.15, 0.2) is 27.8 Å². The molecule has 2 aromatic heterocycles. The highest BCUT2D eigenvalue weighted by Gasteiger charge is 2.26. The van der Waals surface area contributed by atoms with Crippen molar-refractivity contribution >= 4 is 38.7 Å². The van der Waals surface area contributed by atoms with Crippen LogP contribution in [0.25, 0.3) is 0 Å². The number of hydrogen-bond donors (Lipinski definition) is 2. The number of carboxylic acids is 1. The van der Waals surface area contributed by atoms with Gasteiger partial charge in [-0.1, -0.05) is 6.07 Å². The average Bonchev–Trinajstić information content (AvgIpc) is 2.98. The molecular weight excluding hydrogens is 318 g/mol. The summed E-state index contributed by atoms with van der Waals surface area (Å²) in [6.45, 7) is 1.84. The maximum atomic E-state index is 12.2. The van der Waals surface area contributed by atoms with Gasteiger partial charge < -0.3 is 5.11 Å². The van der Waals surface area contributed by atoms with Gasteiger partial charge in [0.05, 0.1) is 0 Å². The van der Waals surface area contributed by atoms with E-state index in [1.54, 1.807) is 18.3 Å². The molecule has 0 spiro atoms. The zero-order chi connectivity index (χ0) is 14.8. The van der Waals surface area contributed by atoms with Gasteiger partial charge in [-0.2, -0.15) is 0 Å². The fraction of sp³-hybridized carbons (Fsp3) is 0.250. The second kappa shape index (κ2) is 6.04. The summed E-state index contributed by atoms with van der Waals surface area (Å²) in [5, 5.41) is 12.5. The Morgan fingerprint density at radius 2 is 2.15 bits per heavy atom. The molecule has 0 aliphatic rings. The molecule has 0 atom stereocenters. The number of hydrogen-bond acceptors (Lipinski definition) is 5. The topological polar surface area (TPSA) is 83.5 Å². The summed E-state index contributed by atoms with van der Waals surface area (Å²) in [7, 11) is -3.79. The second-order valence-corrected chi connectivity index (χ2v) is 7.72. The SMILES string of the molecule is Cc1csc(C(=O)O)c1S(=O)(=O)NCCc1cccs1. The van der Waals surface area contributed by atoms with Crippen molar-refractivity contribution < 1.29 is 18.3 Å². The Morgan fingerprint density at radius 1 is 1.40 bits per heavy atom. The molecule has 0 saturated heterocycles. The van der Waals surface area contributed by atoms with Crippen LogP contribution in [0.1, 0.15) is 20.1 Å². The van der Waals surface area contributed by atoms with Crippen molar-refractivity contribution in [1.82, 2.24) is 4.72 Å². The number of carboxylic acid groups (broad SMARTS) is 1. The van der Waals surface area contributed by atoms with E-state index in [9.17, 15) is 13.2 Å². The quantitative estimate of drug-likeness (QED) is 0.851. The third kappa shape index (κ3) is 3.26. The van der Waals surface area contributed by atoms with Gasteiger partial charge in [0.2, 0.25) is 10.0 Å². The van der Waals surface area contributed by atoms with Gasteiger partial charge in [0, 0.05) is 11.4 Å². The fourth-order valence-corrected chi connectivity index (χ4v) is 5.12. The van der Waals surface area contributed by atoms with Crippen LogP contribution < -0.4 is 4.72 Å². The van der Waals surface area contributed by atoms with E-state index in [1.807, 2.05) is 17.5 Å². The maximum Gasteiger partial charge on any atom is 0.347 e. The lowest BCUT2D eigenvalue weighted by Gasteiger charge is -2.07. The predicted molar refractivity (Wildman–Crippen MR) is 79.2 cm³/mol. The van der Waals surface area contributed by atoms with Crippen LogP contribution in [0.5, 0.6) is 0 Å². The Bertz CT molecular complexity index is 701. The predicted octanol–water partition coefficient (Wildman–Crippen LogP) is 2.34. The summed E-state index contributed by atoms with van der Waals surface area (Å²) in [5.74, 6) is -1.22. The van der Waals surface area contributed by atoms with Gasteiger partial charge in [0.25, 0.3) is 0 Å². The van der Waals surface area contributed by atoms with Crippen LogP contribution in [0.4, 0.5) is 0 Å². The lowest BCUT2D eigenvalue weighted by Crippen LogP contribution is -2.27. The molecule has 0 fully saturated rings. The molecule has 20 heavy (non-hydrogen) atoms. The van der Waals surface area contributed by atoms with Crippen LogP contribution >= 0.6 is 22.7 Å². The fourth-order valence-electron chi connectivity index (χ4n) is 1.75. The van der Waals surface area contributed by atoms with Crippen LogP contribution in [-0.4, -0.2) is 26.0 Å². The molecule has 8 heteroatoms. The summed E-state index contributed by atoms with van der Waals surface area (Å²) in [6, 6.07) is 3.83. The lowest BCUT2D eigenvalue weighted by molar-refractivity contribution is 0.0698. The molecule has 2 heterocycles. The summed E-state index contributed by atoms with van der Waals surface area (Å²) >= 11 is 2.48. The maximum absolute atomic E-state index is 12.2. The Hall–Kier alpha value is -1.22. The molecule has 0 radical (unpaired) electrons. The van der Waals surface area contributed by atoms with Crippen LogP contribution in [0, 0.1) is 6.92 Å². The molecule has 0 saturated carbocycles. The van der Waals surface area contributed by atoms with Crippen LogP contribution in [0.3, 0.4) is 0 Å². The van der Waals surface area contributed by atoms with Crippen molar-refractivity contribution in [3.05, 3.63) is 38.2 Å². The number of aryl methyl sites for hydroxylation is 1. The Morgan fingerprint density at radius 3 is 2.75 bits per heavy atom. The van der Waals surface area contributed by atoms with Gasteiger partial charge in [-0.25, -0.2) is 17.9 Å². The highest BCUT2D eigenvalue weighted by Crippen LogP contribution is 2.26. The van der Waals surface area contributed by atoms with Crippen molar-refractivity contribution in [3.8, 4) is 0 Å². The van der Waals surface area contributed by atoms with Gasteiger partial charge in [0.15, 0.2) is 0 Å².